The highest BCUT2D eigenvalue weighted by molar-refractivity contribution is 7.99. The Morgan fingerprint density at radius 3 is 2.76 bits per heavy atom. The SMILES string of the molecule is CCN(CC)CCNC1(C(=O)O)CCSc2ccccc21. The van der Waals surface area contributed by atoms with E-state index in [0.717, 1.165) is 35.8 Å². The number of fused-ring (bicyclic) bond motifs is 1. The summed E-state index contributed by atoms with van der Waals surface area (Å²) in [7, 11) is 0. The van der Waals surface area contributed by atoms with E-state index in [1.165, 1.54) is 0 Å². The Morgan fingerprint density at radius 2 is 2.10 bits per heavy atom. The fraction of sp³-hybridized carbons (Fsp3) is 0.562. The van der Waals surface area contributed by atoms with Crippen LogP contribution in [0.4, 0.5) is 0 Å². The number of carboxylic acids is 1. The highest BCUT2D eigenvalue weighted by Gasteiger charge is 2.43. The first kappa shape index (κ1) is 16.3. The van der Waals surface area contributed by atoms with Crippen LogP contribution in [-0.4, -0.2) is 47.9 Å². The highest BCUT2D eigenvalue weighted by atomic mass is 32.2. The smallest absolute Gasteiger partial charge is 0.328 e. The number of nitrogens with one attached hydrogen (secondary N) is 1. The van der Waals surface area contributed by atoms with Gasteiger partial charge in [-0.15, -0.1) is 11.8 Å². The molecule has 0 saturated carbocycles. The molecule has 0 saturated heterocycles. The monoisotopic (exact) mass is 308 g/mol. The van der Waals surface area contributed by atoms with Crippen molar-refractivity contribution >= 4 is 17.7 Å². The topological polar surface area (TPSA) is 52.6 Å². The number of carbonyl (C=O) groups is 1. The van der Waals surface area contributed by atoms with Gasteiger partial charge in [-0.25, -0.2) is 4.79 Å². The summed E-state index contributed by atoms with van der Waals surface area (Å²) >= 11 is 1.74. The second kappa shape index (κ2) is 7.29. The maximum atomic E-state index is 12.0. The van der Waals surface area contributed by atoms with Crippen molar-refractivity contribution in [1.82, 2.24) is 10.2 Å². The Balaban J connectivity index is 2.17. The van der Waals surface area contributed by atoms with Gasteiger partial charge in [-0.2, -0.15) is 0 Å². The number of carboxylic acid groups (broad SMARTS) is 1. The van der Waals surface area contributed by atoms with Crippen molar-refractivity contribution in [3.63, 3.8) is 0 Å². The Hall–Kier alpha value is -1.04. The number of rotatable bonds is 7. The largest absolute Gasteiger partial charge is 0.480 e. The summed E-state index contributed by atoms with van der Waals surface area (Å²) in [6.45, 7) is 7.80. The van der Waals surface area contributed by atoms with Gasteiger partial charge in [-0.05, 0) is 31.1 Å². The molecule has 0 aliphatic carbocycles. The van der Waals surface area contributed by atoms with E-state index in [-0.39, 0.29) is 0 Å². The van der Waals surface area contributed by atoms with Crippen molar-refractivity contribution in [2.75, 3.05) is 31.9 Å². The van der Waals surface area contributed by atoms with Crippen molar-refractivity contribution < 1.29 is 9.90 Å². The predicted molar refractivity (Wildman–Crippen MR) is 86.9 cm³/mol. The van der Waals surface area contributed by atoms with E-state index in [9.17, 15) is 9.90 Å². The zero-order valence-corrected chi connectivity index (χ0v) is 13.6. The van der Waals surface area contributed by atoms with Crippen molar-refractivity contribution in [2.24, 2.45) is 0 Å². The number of likely N-dealkylation sites (N-methyl/N-ethyl adjacent to an activating group) is 1. The van der Waals surface area contributed by atoms with Gasteiger partial charge in [0.25, 0.3) is 0 Å². The summed E-state index contributed by atoms with van der Waals surface area (Å²) in [5, 5.41) is 13.2. The molecule has 0 radical (unpaired) electrons. The van der Waals surface area contributed by atoms with Crippen LogP contribution in [0.25, 0.3) is 0 Å². The molecule has 1 aromatic rings. The van der Waals surface area contributed by atoms with E-state index in [1.54, 1.807) is 11.8 Å². The molecular weight excluding hydrogens is 284 g/mol. The van der Waals surface area contributed by atoms with Crippen LogP contribution in [0.2, 0.25) is 0 Å². The van der Waals surface area contributed by atoms with Crippen LogP contribution in [0.1, 0.15) is 25.8 Å². The molecule has 2 N–H and O–H groups in total. The molecule has 5 heteroatoms. The molecular formula is C16H24N2O2S. The third-order valence-corrected chi connectivity index (χ3v) is 5.27. The quantitative estimate of drug-likeness (QED) is 0.810. The fourth-order valence-electron chi connectivity index (χ4n) is 2.84. The molecule has 0 bridgehead atoms. The van der Waals surface area contributed by atoms with E-state index in [1.807, 2.05) is 24.3 Å². The van der Waals surface area contributed by atoms with Gasteiger partial charge in [0.05, 0.1) is 0 Å². The molecule has 116 valence electrons. The molecule has 21 heavy (non-hydrogen) atoms. The fourth-order valence-corrected chi connectivity index (χ4v) is 4.04. The van der Waals surface area contributed by atoms with E-state index >= 15 is 0 Å². The van der Waals surface area contributed by atoms with Crippen LogP contribution in [0.5, 0.6) is 0 Å². The molecule has 1 aliphatic heterocycles. The van der Waals surface area contributed by atoms with Crippen LogP contribution in [-0.2, 0) is 10.3 Å². The van der Waals surface area contributed by atoms with Gasteiger partial charge in [-0.1, -0.05) is 32.0 Å². The number of thioether (sulfide) groups is 1. The van der Waals surface area contributed by atoms with E-state index in [2.05, 4.69) is 24.1 Å². The maximum Gasteiger partial charge on any atom is 0.328 e. The number of hydrogen-bond acceptors (Lipinski definition) is 4. The Morgan fingerprint density at radius 1 is 1.38 bits per heavy atom. The Labute approximate surface area is 130 Å². The van der Waals surface area contributed by atoms with Gasteiger partial charge in [-0.3, -0.25) is 5.32 Å². The number of hydrogen-bond donors (Lipinski definition) is 2. The minimum absolute atomic E-state index is 0.627. The first-order chi connectivity index (χ1) is 10.1. The third-order valence-electron chi connectivity index (χ3n) is 4.20. The van der Waals surface area contributed by atoms with Gasteiger partial charge in [0, 0.05) is 23.7 Å². The Bertz CT molecular complexity index is 491. The summed E-state index contributed by atoms with van der Waals surface area (Å²) in [6, 6.07) is 7.86. The summed E-state index contributed by atoms with van der Waals surface area (Å²) in [4.78, 5) is 15.4. The minimum Gasteiger partial charge on any atom is -0.480 e. The molecule has 1 aliphatic rings. The van der Waals surface area contributed by atoms with Crippen LogP contribution >= 0.6 is 11.8 Å². The average molecular weight is 308 g/mol. The zero-order valence-electron chi connectivity index (χ0n) is 12.8. The standard InChI is InChI=1S/C16H24N2O2S/c1-3-18(4-2)11-10-17-16(15(19)20)9-12-21-14-8-6-5-7-13(14)16/h5-8,17H,3-4,9-12H2,1-2H3,(H,19,20). The first-order valence-electron chi connectivity index (χ1n) is 7.57. The summed E-state index contributed by atoms with van der Waals surface area (Å²) in [5.74, 6) is 0.0662. The Kier molecular flexibility index (Phi) is 5.67. The predicted octanol–water partition coefficient (Wildman–Crippen LogP) is 2.39. The van der Waals surface area contributed by atoms with Crippen LogP contribution in [0.15, 0.2) is 29.2 Å². The van der Waals surface area contributed by atoms with Crippen LogP contribution in [0, 0.1) is 0 Å². The lowest BCUT2D eigenvalue weighted by molar-refractivity contribution is -0.145. The molecule has 4 nitrogen and oxygen atoms in total. The number of aliphatic carboxylic acids is 1. The second-order valence-corrected chi connectivity index (χ2v) is 6.40. The first-order valence-corrected chi connectivity index (χ1v) is 8.55. The van der Waals surface area contributed by atoms with Crippen molar-refractivity contribution in [2.45, 2.75) is 30.7 Å². The van der Waals surface area contributed by atoms with Crippen LogP contribution in [0.3, 0.4) is 0 Å². The lowest BCUT2D eigenvalue weighted by Crippen LogP contribution is -2.53. The summed E-state index contributed by atoms with van der Waals surface area (Å²) < 4.78 is 0. The van der Waals surface area contributed by atoms with E-state index < -0.39 is 11.5 Å². The summed E-state index contributed by atoms with van der Waals surface area (Å²) in [6.07, 6.45) is 0.627. The molecule has 1 aromatic carbocycles. The second-order valence-electron chi connectivity index (χ2n) is 5.26. The number of nitrogens with zero attached hydrogens (tertiary/aromatic N) is 1. The zero-order chi connectivity index (χ0) is 15.3. The summed E-state index contributed by atoms with van der Waals surface area (Å²) in [5.41, 5.74) is -0.0251. The normalized spacial score (nSPS) is 21.3. The van der Waals surface area contributed by atoms with Gasteiger partial charge >= 0.3 is 5.97 Å². The van der Waals surface area contributed by atoms with Gasteiger partial charge in [0.15, 0.2) is 0 Å². The van der Waals surface area contributed by atoms with Crippen molar-refractivity contribution in [3.05, 3.63) is 29.8 Å². The maximum absolute atomic E-state index is 12.0. The molecule has 1 unspecified atom stereocenters. The molecule has 1 heterocycles. The van der Waals surface area contributed by atoms with Gasteiger partial charge in [0.1, 0.15) is 5.54 Å². The third kappa shape index (κ3) is 3.42. The average Bonchev–Trinajstić information content (AvgIpc) is 2.51. The van der Waals surface area contributed by atoms with Gasteiger partial charge in [0.2, 0.25) is 0 Å². The van der Waals surface area contributed by atoms with Crippen molar-refractivity contribution in [3.8, 4) is 0 Å². The van der Waals surface area contributed by atoms with E-state index in [4.69, 9.17) is 0 Å². The molecule has 0 fully saturated rings. The molecule has 0 spiro atoms. The lowest BCUT2D eigenvalue weighted by atomic mass is 9.86. The van der Waals surface area contributed by atoms with Crippen molar-refractivity contribution in [1.29, 1.82) is 0 Å². The molecule has 1 atom stereocenters. The molecule has 0 aromatic heterocycles. The lowest BCUT2D eigenvalue weighted by Gasteiger charge is -2.36. The van der Waals surface area contributed by atoms with E-state index in [0.29, 0.717) is 13.0 Å². The molecule has 0 amide bonds. The van der Waals surface area contributed by atoms with Gasteiger partial charge < -0.3 is 10.0 Å². The minimum atomic E-state index is -0.936. The molecule has 2 rings (SSSR count). The number of benzene rings is 1. The highest BCUT2D eigenvalue weighted by Crippen LogP contribution is 2.40. The van der Waals surface area contributed by atoms with Crippen LogP contribution < -0.4 is 5.32 Å².